The Hall–Kier alpha value is -0.420. The Balaban J connectivity index is 2.16. The minimum atomic E-state index is 0.162. The molecule has 80 valence electrons. The number of ketones is 1. The number of benzene rings is 1. The predicted molar refractivity (Wildman–Crippen MR) is 67.0 cm³/mol. The van der Waals surface area contributed by atoms with Gasteiger partial charge in [-0.25, -0.2) is 0 Å². The van der Waals surface area contributed by atoms with Gasteiger partial charge < -0.3 is 4.74 Å². The van der Waals surface area contributed by atoms with Crippen LogP contribution in [0.4, 0.5) is 0 Å². The van der Waals surface area contributed by atoms with Crippen LogP contribution in [-0.2, 0) is 4.74 Å². The Morgan fingerprint density at radius 2 is 1.93 bits per heavy atom. The second-order valence-corrected chi connectivity index (χ2v) is 4.89. The van der Waals surface area contributed by atoms with Gasteiger partial charge in [0, 0.05) is 28.3 Å². The van der Waals surface area contributed by atoms with Crippen molar-refractivity contribution >= 4 is 28.4 Å². The van der Waals surface area contributed by atoms with Gasteiger partial charge in [-0.15, -0.1) is 0 Å². The van der Waals surface area contributed by atoms with Crippen LogP contribution in [0.15, 0.2) is 24.3 Å². The van der Waals surface area contributed by atoms with E-state index in [0.29, 0.717) is 0 Å². The lowest BCUT2D eigenvalue weighted by molar-refractivity contribution is 0.0544. The minimum Gasteiger partial charge on any atom is -0.381 e. The number of carbonyl (C=O) groups is 1. The lowest BCUT2D eigenvalue weighted by Gasteiger charge is -2.21. The van der Waals surface area contributed by atoms with Gasteiger partial charge in [0.2, 0.25) is 0 Å². The smallest absolute Gasteiger partial charge is 0.167 e. The maximum absolute atomic E-state index is 12.2. The zero-order valence-corrected chi connectivity index (χ0v) is 10.6. The largest absolute Gasteiger partial charge is 0.381 e. The van der Waals surface area contributed by atoms with E-state index in [4.69, 9.17) is 4.74 Å². The Kier molecular flexibility index (Phi) is 3.75. The molecule has 0 unspecified atom stereocenters. The van der Waals surface area contributed by atoms with E-state index in [1.54, 1.807) is 0 Å². The zero-order valence-electron chi connectivity index (χ0n) is 8.41. The average molecular weight is 316 g/mol. The summed E-state index contributed by atoms with van der Waals surface area (Å²) in [6.07, 6.45) is 1.73. The summed E-state index contributed by atoms with van der Waals surface area (Å²) in [5, 5.41) is 0. The van der Waals surface area contributed by atoms with Crippen LogP contribution in [0.2, 0.25) is 0 Å². The van der Waals surface area contributed by atoms with E-state index in [2.05, 4.69) is 22.6 Å². The molecule has 0 spiro atoms. The summed E-state index contributed by atoms with van der Waals surface area (Å²) in [5.41, 5.74) is 0.866. The number of hydrogen-bond donors (Lipinski definition) is 0. The van der Waals surface area contributed by atoms with Crippen molar-refractivity contribution in [3.05, 3.63) is 33.4 Å². The molecule has 1 heterocycles. The highest BCUT2D eigenvalue weighted by molar-refractivity contribution is 14.1. The maximum atomic E-state index is 12.2. The van der Waals surface area contributed by atoms with Crippen molar-refractivity contribution in [3.8, 4) is 0 Å². The van der Waals surface area contributed by atoms with E-state index in [1.165, 1.54) is 0 Å². The SMILES string of the molecule is O=C(c1ccccc1I)C1CCOCC1. The van der Waals surface area contributed by atoms with Crippen molar-refractivity contribution in [2.45, 2.75) is 12.8 Å². The van der Waals surface area contributed by atoms with Crippen molar-refractivity contribution in [2.24, 2.45) is 5.92 Å². The Morgan fingerprint density at radius 1 is 1.27 bits per heavy atom. The third kappa shape index (κ3) is 2.58. The van der Waals surface area contributed by atoms with Gasteiger partial charge in [-0.3, -0.25) is 4.79 Å². The molecule has 2 nitrogen and oxygen atoms in total. The van der Waals surface area contributed by atoms with Crippen LogP contribution < -0.4 is 0 Å². The molecule has 0 bridgehead atoms. The highest BCUT2D eigenvalue weighted by Gasteiger charge is 2.23. The van der Waals surface area contributed by atoms with Crippen molar-refractivity contribution in [2.75, 3.05) is 13.2 Å². The van der Waals surface area contributed by atoms with Crippen molar-refractivity contribution in [1.82, 2.24) is 0 Å². The highest BCUT2D eigenvalue weighted by atomic mass is 127. The molecule has 0 N–H and O–H groups in total. The Labute approximate surface area is 103 Å². The van der Waals surface area contributed by atoms with E-state index in [1.807, 2.05) is 24.3 Å². The fourth-order valence-corrected chi connectivity index (χ4v) is 2.49. The second kappa shape index (κ2) is 5.07. The summed E-state index contributed by atoms with van der Waals surface area (Å²) in [6.45, 7) is 1.44. The molecular formula is C12H13IO2. The first-order valence-corrected chi connectivity index (χ1v) is 6.23. The number of ether oxygens (including phenoxy) is 1. The third-order valence-electron chi connectivity index (χ3n) is 2.73. The van der Waals surface area contributed by atoms with Crippen LogP contribution in [0, 0.1) is 9.49 Å². The number of hydrogen-bond acceptors (Lipinski definition) is 2. The van der Waals surface area contributed by atoms with Crippen LogP contribution in [0.3, 0.4) is 0 Å². The monoisotopic (exact) mass is 316 g/mol. The molecule has 1 aliphatic heterocycles. The summed E-state index contributed by atoms with van der Waals surface area (Å²) in [5.74, 6) is 0.443. The van der Waals surface area contributed by atoms with Gasteiger partial charge in [0.1, 0.15) is 0 Å². The molecule has 15 heavy (non-hydrogen) atoms. The molecule has 0 aliphatic carbocycles. The van der Waals surface area contributed by atoms with Crippen molar-refractivity contribution in [1.29, 1.82) is 0 Å². The topological polar surface area (TPSA) is 26.3 Å². The van der Waals surface area contributed by atoms with E-state index < -0.39 is 0 Å². The van der Waals surface area contributed by atoms with Crippen molar-refractivity contribution in [3.63, 3.8) is 0 Å². The molecule has 0 aromatic heterocycles. The minimum absolute atomic E-state index is 0.162. The third-order valence-corrected chi connectivity index (χ3v) is 3.67. The maximum Gasteiger partial charge on any atom is 0.167 e. The molecule has 1 fully saturated rings. The molecule has 1 saturated heterocycles. The van der Waals surface area contributed by atoms with Crippen molar-refractivity contribution < 1.29 is 9.53 Å². The van der Waals surface area contributed by atoms with Gasteiger partial charge in [-0.05, 0) is 41.5 Å². The van der Waals surface area contributed by atoms with Gasteiger partial charge in [-0.2, -0.15) is 0 Å². The molecule has 3 heteroatoms. The fourth-order valence-electron chi connectivity index (χ4n) is 1.84. The fraction of sp³-hybridized carbons (Fsp3) is 0.417. The first kappa shape index (κ1) is 11.1. The van der Waals surface area contributed by atoms with E-state index in [0.717, 1.165) is 35.2 Å². The molecule has 0 amide bonds. The lowest BCUT2D eigenvalue weighted by Crippen LogP contribution is -2.24. The lowest BCUT2D eigenvalue weighted by atomic mass is 9.91. The molecule has 2 rings (SSSR count). The Morgan fingerprint density at radius 3 is 2.60 bits per heavy atom. The van der Waals surface area contributed by atoms with Crippen LogP contribution in [0.1, 0.15) is 23.2 Å². The number of Topliss-reactive ketones (excluding diaryl/α,β-unsaturated/α-hetero) is 1. The highest BCUT2D eigenvalue weighted by Crippen LogP contribution is 2.22. The molecule has 1 aromatic rings. The van der Waals surface area contributed by atoms with E-state index in [-0.39, 0.29) is 11.7 Å². The van der Waals surface area contributed by atoms with Gasteiger partial charge in [-0.1, -0.05) is 18.2 Å². The predicted octanol–water partition coefficient (Wildman–Crippen LogP) is 2.90. The molecule has 0 saturated carbocycles. The van der Waals surface area contributed by atoms with Crippen LogP contribution >= 0.6 is 22.6 Å². The average Bonchev–Trinajstić information content (AvgIpc) is 2.30. The van der Waals surface area contributed by atoms with E-state index in [9.17, 15) is 4.79 Å². The molecule has 0 atom stereocenters. The quantitative estimate of drug-likeness (QED) is 0.619. The van der Waals surface area contributed by atoms with Crippen LogP contribution in [0.25, 0.3) is 0 Å². The van der Waals surface area contributed by atoms with Crippen LogP contribution in [0.5, 0.6) is 0 Å². The zero-order chi connectivity index (χ0) is 10.7. The second-order valence-electron chi connectivity index (χ2n) is 3.73. The summed E-state index contributed by atoms with van der Waals surface area (Å²) in [7, 11) is 0. The van der Waals surface area contributed by atoms with Gasteiger partial charge in [0.25, 0.3) is 0 Å². The molecular weight excluding hydrogens is 303 g/mol. The molecule has 0 radical (unpaired) electrons. The summed E-state index contributed by atoms with van der Waals surface area (Å²) in [4.78, 5) is 12.2. The number of rotatable bonds is 2. The summed E-state index contributed by atoms with van der Waals surface area (Å²) in [6, 6.07) is 7.78. The van der Waals surface area contributed by atoms with Gasteiger partial charge >= 0.3 is 0 Å². The molecule has 1 aromatic carbocycles. The van der Waals surface area contributed by atoms with E-state index >= 15 is 0 Å². The normalized spacial score (nSPS) is 17.7. The summed E-state index contributed by atoms with van der Waals surface area (Å²) >= 11 is 2.22. The first-order chi connectivity index (χ1) is 7.29. The van der Waals surface area contributed by atoms with Gasteiger partial charge in [0.15, 0.2) is 5.78 Å². The summed E-state index contributed by atoms with van der Waals surface area (Å²) < 4.78 is 6.31. The van der Waals surface area contributed by atoms with Gasteiger partial charge in [0.05, 0.1) is 0 Å². The number of carbonyl (C=O) groups excluding carboxylic acids is 1. The Bertz CT molecular complexity index is 356. The standard InChI is InChI=1S/C12H13IO2/c13-11-4-2-1-3-10(11)12(14)9-5-7-15-8-6-9/h1-4,9H,5-8H2. The van der Waals surface area contributed by atoms with Crippen LogP contribution in [-0.4, -0.2) is 19.0 Å². The first-order valence-electron chi connectivity index (χ1n) is 5.15. The molecule has 1 aliphatic rings. The number of halogens is 1.